The first-order chi connectivity index (χ1) is 14.5. The zero-order valence-corrected chi connectivity index (χ0v) is 18.3. The van der Waals surface area contributed by atoms with Gasteiger partial charge in [-0.2, -0.15) is 0 Å². The summed E-state index contributed by atoms with van der Waals surface area (Å²) >= 11 is 3.58. The third-order valence-electron chi connectivity index (χ3n) is 5.30. The molecular weight excluding hydrogens is 462 g/mol. The molecule has 3 heterocycles. The number of benzene rings is 2. The summed E-state index contributed by atoms with van der Waals surface area (Å²) in [6, 6.07) is 20.5. The Morgan fingerprint density at radius 3 is 2.57 bits per heavy atom. The Bertz CT molecular complexity index is 1360. The number of hydrogen-bond acceptors (Lipinski definition) is 3. The molecule has 5 nitrogen and oxygen atoms in total. The molecule has 1 unspecified atom stereocenters. The molecular formula is C23H18BrN3O2S. The number of rotatable bonds is 4. The molecule has 0 radical (unpaired) electrons. The van der Waals surface area contributed by atoms with Gasteiger partial charge in [0.15, 0.2) is 0 Å². The third-order valence-corrected chi connectivity index (χ3v) is 7.59. The Hall–Kier alpha value is -2.90. The smallest absolute Gasteiger partial charge is 0.239 e. The first-order valence-electron chi connectivity index (χ1n) is 9.48. The van der Waals surface area contributed by atoms with E-state index in [1.165, 1.54) is 4.31 Å². The van der Waals surface area contributed by atoms with Crippen LogP contribution >= 0.6 is 15.9 Å². The highest BCUT2D eigenvalue weighted by atomic mass is 79.9. The Morgan fingerprint density at radius 2 is 1.73 bits per heavy atom. The van der Waals surface area contributed by atoms with Crippen molar-refractivity contribution in [2.24, 2.45) is 0 Å². The van der Waals surface area contributed by atoms with Gasteiger partial charge in [-0.25, -0.2) is 13.4 Å². The lowest BCUT2D eigenvalue weighted by atomic mass is 9.92. The predicted octanol–water partition coefficient (Wildman–Crippen LogP) is 5.19. The number of sulfonamides is 1. The molecule has 0 bridgehead atoms. The molecule has 30 heavy (non-hydrogen) atoms. The van der Waals surface area contributed by atoms with E-state index in [9.17, 15) is 8.42 Å². The lowest BCUT2D eigenvalue weighted by Crippen LogP contribution is -2.34. The van der Waals surface area contributed by atoms with Gasteiger partial charge < -0.3 is 4.98 Å². The molecule has 0 saturated carbocycles. The van der Waals surface area contributed by atoms with Crippen LogP contribution in [0.3, 0.4) is 0 Å². The second kappa shape index (κ2) is 7.41. The van der Waals surface area contributed by atoms with Crippen LogP contribution in [0.5, 0.6) is 0 Å². The number of fused-ring (bicyclic) bond motifs is 2. The van der Waals surface area contributed by atoms with Gasteiger partial charge in [0.25, 0.3) is 0 Å². The Morgan fingerprint density at radius 1 is 0.967 bits per heavy atom. The van der Waals surface area contributed by atoms with Crippen molar-refractivity contribution in [1.82, 2.24) is 14.3 Å². The molecule has 0 fully saturated rings. The topological polar surface area (TPSA) is 66.1 Å². The predicted molar refractivity (Wildman–Crippen MR) is 122 cm³/mol. The lowest BCUT2D eigenvalue weighted by molar-refractivity contribution is 0.447. The van der Waals surface area contributed by atoms with Crippen LogP contribution in [-0.4, -0.2) is 22.7 Å². The summed E-state index contributed by atoms with van der Waals surface area (Å²) in [6.07, 6.45) is 5.26. The van der Waals surface area contributed by atoms with Crippen LogP contribution < -0.4 is 0 Å². The number of halogens is 1. The summed E-state index contributed by atoms with van der Waals surface area (Å²) in [4.78, 5) is 7.56. The number of hydrogen-bond donors (Lipinski definition) is 1. The fourth-order valence-electron chi connectivity index (χ4n) is 3.95. The van der Waals surface area contributed by atoms with Crippen molar-refractivity contribution in [3.63, 3.8) is 0 Å². The molecule has 5 rings (SSSR count). The lowest BCUT2D eigenvalue weighted by Gasteiger charge is -2.35. The molecule has 2 aromatic carbocycles. The summed E-state index contributed by atoms with van der Waals surface area (Å²) in [5.74, 6) is -0.0795. The molecule has 1 aliphatic rings. The standard InChI is InChI=1S/C23H18BrN3O2S/c24-21-14-27(30(28,29)15-16-7-2-1-3-8-16)22(18-10-5-4-9-17(18)21)20-13-26-23-19(20)11-6-12-25-23/h1-14,22H,15H2,(H,25,26). The van der Waals surface area contributed by atoms with Crippen molar-refractivity contribution in [1.29, 1.82) is 0 Å². The number of aromatic amines is 1. The highest BCUT2D eigenvalue weighted by Crippen LogP contribution is 2.44. The van der Waals surface area contributed by atoms with E-state index in [4.69, 9.17) is 0 Å². The number of H-pyrrole nitrogens is 1. The van der Waals surface area contributed by atoms with Gasteiger partial charge >= 0.3 is 0 Å². The molecule has 0 aliphatic carbocycles. The van der Waals surface area contributed by atoms with E-state index in [1.807, 2.05) is 72.9 Å². The van der Waals surface area contributed by atoms with Crippen molar-refractivity contribution < 1.29 is 8.42 Å². The molecule has 150 valence electrons. The van der Waals surface area contributed by atoms with Crippen LogP contribution in [0.1, 0.15) is 28.3 Å². The normalized spacial score (nSPS) is 16.4. The highest BCUT2D eigenvalue weighted by molar-refractivity contribution is 9.15. The minimum Gasteiger partial charge on any atom is -0.346 e. The van der Waals surface area contributed by atoms with E-state index < -0.39 is 16.1 Å². The zero-order chi connectivity index (χ0) is 20.7. The van der Waals surface area contributed by atoms with Gasteiger partial charge in [-0.3, -0.25) is 4.31 Å². The average Bonchev–Trinajstić information content (AvgIpc) is 3.18. The quantitative estimate of drug-likeness (QED) is 0.437. The second-order valence-electron chi connectivity index (χ2n) is 7.18. The van der Waals surface area contributed by atoms with Gasteiger partial charge in [0, 0.05) is 34.0 Å². The van der Waals surface area contributed by atoms with Crippen molar-refractivity contribution in [3.8, 4) is 0 Å². The van der Waals surface area contributed by atoms with Crippen LogP contribution in [0.25, 0.3) is 15.5 Å². The molecule has 2 aromatic heterocycles. The van der Waals surface area contributed by atoms with Gasteiger partial charge in [-0.15, -0.1) is 0 Å². The molecule has 1 N–H and O–H groups in total. The number of pyridine rings is 1. The van der Waals surface area contributed by atoms with Crippen molar-refractivity contribution in [2.45, 2.75) is 11.8 Å². The van der Waals surface area contributed by atoms with E-state index in [1.54, 1.807) is 12.4 Å². The van der Waals surface area contributed by atoms with Crippen LogP contribution in [0.15, 0.2) is 85.3 Å². The van der Waals surface area contributed by atoms with E-state index in [-0.39, 0.29) is 5.75 Å². The van der Waals surface area contributed by atoms with Crippen molar-refractivity contribution in [2.75, 3.05) is 0 Å². The Kier molecular flexibility index (Phi) is 4.72. The van der Waals surface area contributed by atoms with E-state index in [2.05, 4.69) is 25.9 Å². The molecule has 7 heteroatoms. The summed E-state index contributed by atoms with van der Waals surface area (Å²) in [5, 5.41) is 0.906. The Labute approximate surface area is 183 Å². The number of nitrogens with one attached hydrogen (secondary N) is 1. The fourth-order valence-corrected chi connectivity index (χ4v) is 6.25. The fraction of sp³-hybridized carbons (Fsp3) is 0.0870. The van der Waals surface area contributed by atoms with E-state index in [0.717, 1.165) is 37.8 Å². The van der Waals surface area contributed by atoms with Crippen LogP contribution in [-0.2, 0) is 15.8 Å². The first-order valence-corrected chi connectivity index (χ1v) is 11.9. The minimum absolute atomic E-state index is 0.0795. The molecule has 4 aromatic rings. The van der Waals surface area contributed by atoms with Crippen molar-refractivity contribution in [3.05, 3.63) is 108 Å². The van der Waals surface area contributed by atoms with Gasteiger partial charge in [-0.1, -0.05) is 54.6 Å². The van der Waals surface area contributed by atoms with Gasteiger partial charge in [0.2, 0.25) is 10.0 Å². The molecule has 0 spiro atoms. The maximum atomic E-state index is 13.6. The number of nitrogens with zero attached hydrogens (tertiary/aromatic N) is 2. The maximum absolute atomic E-state index is 13.6. The summed E-state index contributed by atoms with van der Waals surface area (Å²) in [6.45, 7) is 0. The van der Waals surface area contributed by atoms with Crippen molar-refractivity contribution >= 4 is 41.5 Å². The molecule has 1 aliphatic heterocycles. The van der Waals surface area contributed by atoms with Crippen LogP contribution in [0.2, 0.25) is 0 Å². The zero-order valence-electron chi connectivity index (χ0n) is 15.9. The monoisotopic (exact) mass is 479 g/mol. The summed E-state index contributed by atoms with van der Waals surface area (Å²) < 4.78 is 29.4. The summed E-state index contributed by atoms with van der Waals surface area (Å²) in [5.41, 5.74) is 4.26. The van der Waals surface area contributed by atoms with Crippen LogP contribution in [0, 0.1) is 0 Å². The Balaban J connectivity index is 1.70. The highest BCUT2D eigenvalue weighted by Gasteiger charge is 2.36. The van der Waals surface area contributed by atoms with Gasteiger partial charge in [0.05, 0.1) is 11.8 Å². The maximum Gasteiger partial charge on any atom is 0.239 e. The average molecular weight is 480 g/mol. The third kappa shape index (κ3) is 3.24. The second-order valence-corrected chi connectivity index (χ2v) is 9.91. The van der Waals surface area contributed by atoms with E-state index in [0.29, 0.717) is 0 Å². The van der Waals surface area contributed by atoms with Crippen LogP contribution in [0.4, 0.5) is 0 Å². The SMILES string of the molecule is O=S(=O)(Cc1ccccc1)N1C=C(Br)c2ccccc2C1c1c[nH]c2ncccc12. The van der Waals surface area contributed by atoms with Gasteiger partial charge in [0.1, 0.15) is 5.65 Å². The van der Waals surface area contributed by atoms with Gasteiger partial charge in [-0.05, 0) is 44.8 Å². The summed E-state index contributed by atoms with van der Waals surface area (Å²) in [7, 11) is -3.66. The molecule has 1 atom stereocenters. The number of aromatic nitrogens is 2. The molecule has 0 saturated heterocycles. The largest absolute Gasteiger partial charge is 0.346 e. The molecule has 0 amide bonds. The minimum atomic E-state index is -3.66. The first kappa shape index (κ1) is 19.1. The van der Waals surface area contributed by atoms with E-state index >= 15 is 0 Å².